The lowest BCUT2D eigenvalue weighted by atomic mass is 10.1. The Hall–Kier alpha value is -2.32. The molecule has 0 saturated heterocycles. The van der Waals surface area contributed by atoms with E-state index in [4.69, 9.17) is 0 Å². The van der Waals surface area contributed by atoms with Gasteiger partial charge in [0.1, 0.15) is 11.5 Å². The third kappa shape index (κ3) is 2.69. The monoisotopic (exact) mass is 363 g/mol. The summed E-state index contributed by atoms with van der Waals surface area (Å²) in [4.78, 5) is 12.6. The van der Waals surface area contributed by atoms with Crippen LogP contribution in [0.5, 0.6) is 0 Å². The third-order valence-corrected chi connectivity index (χ3v) is 5.21. The van der Waals surface area contributed by atoms with Gasteiger partial charge < -0.3 is 15.5 Å². The highest BCUT2D eigenvalue weighted by atomic mass is 19.1. The number of rotatable bonds is 5. The van der Waals surface area contributed by atoms with Crippen LogP contribution in [-0.4, -0.2) is 44.7 Å². The fourth-order valence-corrected chi connectivity index (χ4v) is 3.69. The molecule has 1 saturated carbocycles. The summed E-state index contributed by atoms with van der Waals surface area (Å²) >= 11 is 0. The van der Waals surface area contributed by atoms with Gasteiger partial charge in [-0.1, -0.05) is 0 Å². The summed E-state index contributed by atoms with van der Waals surface area (Å²) in [6.45, 7) is 1.05. The number of nitrogens with zero attached hydrogens (tertiary/aromatic N) is 2. The second-order valence-corrected chi connectivity index (χ2v) is 7.03. The lowest BCUT2D eigenvalue weighted by Crippen LogP contribution is -2.45. The zero-order valence-corrected chi connectivity index (χ0v) is 14.1. The minimum absolute atomic E-state index is 0.100. The Morgan fingerprint density at radius 2 is 2.23 bits per heavy atom. The maximum atomic E-state index is 14.3. The lowest BCUT2D eigenvalue weighted by Gasteiger charge is -2.18. The quantitative estimate of drug-likeness (QED) is 0.747. The molecule has 6 nitrogen and oxygen atoms in total. The van der Waals surface area contributed by atoms with Crippen molar-refractivity contribution in [2.75, 3.05) is 6.61 Å². The number of carbonyl (C=O) groups is 1. The van der Waals surface area contributed by atoms with E-state index in [2.05, 4.69) is 10.4 Å². The van der Waals surface area contributed by atoms with Crippen molar-refractivity contribution in [2.45, 2.75) is 37.8 Å². The van der Waals surface area contributed by atoms with Crippen LogP contribution in [0.15, 0.2) is 18.2 Å². The number of benzene rings is 1. The van der Waals surface area contributed by atoms with Gasteiger partial charge in [-0.2, -0.15) is 5.10 Å². The molecule has 1 aromatic carbocycles. The topological polar surface area (TPSA) is 87.4 Å². The highest BCUT2D eigenvalue weighted by molar-refractivity contribution is 5.94. The number of fused-ring (bicyclic) bond motifs is 3. The maximum Gasteiger partial charge on any atom is 0.272 e. The zero-order valence-electron chi connectivity index (χ0n) is 14.1. The normalized spacial score (nSPS) is 22.5. The number of carbonyl (C=O) groups excluding carboxylic acids is 1. The summed E-state index contributed by atoms with van der Waals surface area (Å²) in [6, 6.07) is 2.43. The molecule has 26 heavy (non-hydrogen) atoms. The molecule has 0 spiro atoms. The molecule has 2 aliphatic carbocycles. The maximum absolute atomic E-state index is 14.3. The lowest BCUT2D eigenvalue weighted by molar-refractivity contribution is 0.0753. The van der Waals surface area contributed by atoms with E-state index in [0.717, 1.165) is 29.8 Å². The SMILES string of the molecule is CC(O)[C@@H](CO)NC(=O)c1nn(-c2ccc(F)cc2F)c2c1C[C@H]1C[C@@H]21. The minimum atomic E-state index is -0.929. The Morgan fingerprint density at radius 3 is 2.88 bits per heavy atom. The van der Waals surface area contributed by atoms with Crippen LogP contribution in [0.1, 0.15) is 41.0 Å². The predicted molar refractivity (Wildman–Crippen MR) is 88.1 cm³/mol. The molecule has 1 fully saturated rings. The number of halogens is 2. The van der Waals surface area contributed by atoms with Crippen molar-refractivity contribution in [2.24, 2.45) is 5.92 Å². The molecule has 4 rings (SSSR count). The van der Waals surface area contributed by atoms with Crippen LogP contribution in [0, 0.1) is 17.6 Å². The number of aliphatic hydroxyl groups excluding tert-OH is 2. The van der Waals surface area contributed by atoms with Crippen LogP contribution in [0.4, 0.5) is 8.78 Å². The smallest absolute Gasteiger partial charge is 0.272 e. The van der Waals surface area contributed by atoms with E-state index >= 15 is 0 Å². The van der Waals surface area contributed by atoms with Gasteiger partial charge in [0.05, 0.1) is 24.4 Å². The first kappa shape index (κ1) is 17.1. The van der Waals surface area contributed by atoms with Gasteiger partial charge in [0.25, 0.3) is 5.91 Å². The molecule has 0 bridgehead atoms. The van der Waals surface area contributed by atoms with Crippen LogP contribution >= 0.6 is 0 Å². The first-order chi connectivity index (χ1) is 12.4. The van der Waals surface area contributed by atoms with Crippen LogP contribution < -0.4 is 5.32 Å². The molecular weight excluding hydrogens is 344 g/mol. The summed E-state index contributed by atoms with van der Waals surface area (Å²) in [5, 5.41) is 25.8. The van der Waals surface area contributed by atoms with Gasteiger partial charge in [-0.3, -0.25) is 4.79 Å². The summed E-state index contributed by atoms with van der Waals surface area (Å²) in [7, 11) is 0. The average molecular weight is 363 g/mol. The molecular formula is C18H19F2N3O3. The molecule has 2 aromatic rings. The van der Waals surface area contributed by atoms with Gasteiger partial charge in [-0.15, -0.1) is 0 Å². The number of hydrogen-bond acceptors (Lipinski definition) is 4. The molecule has 2 aliphatic rings. The van der Waals surface area contributed by atoms with E-state index in [1.165, 1.54) is 17.7 Å². The van der Waals surface area contributed by atoms with E-state index in [0.29, 0.717) is 12.3 Å². The molecule has 1 amide bonds. The number of amides is 1. The molecule has 8 heteroatoms. The molecule has 138 valence electrons. The average Bonchev–Trinajstić information content (AvgIpc) is 3.09. The Kier molecular flexibility index (Phi) is 4.04. The number of nitrogens with one attached hydrogen (secondary N) is 1. The van der Waals surface area contributed by atoms with E-state index in [1.807, 2.05) is 0 Å². The summed E-state index contributed by atoms with van der Waals surface area (Å²) in [5.74, 6) is -1.30. The highest BCUT2D eigenvalue weighted by Gasteiger charge is 2.50. The molecule has 0 radical (unpaired) electrons. The molecule has 1 heterocycles. The Morgan fingerprint density at radius 1 is 1.46 bits per heavy atom. The molecule has 1 aromatic heterocycles. The fourth-order valence-electron chi connectivity index (χ4n) is 3.69. The second kappa shape index (κ2) is 6.14. The van der Waals surface area contributed by atoms with E-state index in [-0.39, 0.29) is 17.3 Å². The van der Waals surface area contributed by atoms with Crippen molar-refractivity contribution in [3.63, 3.8) is 0 Å². The largest absolute Gasteiger partial charge is 0.394 e. The Bertz CT molecular complexity index is 881. The van der Waals surface area contributed by atoms with E-state index in [9.17, 15) is 23.8 Å². The van der Waals surface area contributed by atoms with Crippen LogP contribution in [0.2, 0.25) is 0 Å². The zero-order chi connectivity index (χ0) is 18.6. The van der Waals surface area contributed by atoms with Crippen molar-refractivity contribution < 1.29 is 23.8 Å². The van der Waals surface area contributed by atoms with Gasteiger partial charge in [0, 0.05) is 17.5 Å². The van der Waals surface area contributed by atoms with Crippen molar-refractivity contribution >= 4 is 5.91 Å². The van der Waals surface area contributed by atoms with Crippen LogP contribution in [0.3, 0.4) is 0 Å². The van der Waals surface area contributed by atoms with Crippen molar-refractivity contribution in [1.82, 2.24) is 15.1 Å². The highest BCUT2D eigenvalue weighted by Crippen LogP contribution is 2.57. The van der Waals surface area contributed by atoms with E-state index in [1.54, 1.807) is 0 Å². The van der Waals surface area contributed by atoms with Crippen molar-refractivity contribution in [1.29, 1.82) is 0 Å². The summed E-state index contributed by atoms with van der Waals surface area (Å²) < 4.78 is 28.9. The summed E-state index contributed by atoms with van der Waals surface area (Å²) in [6.07, 6.45) is 0.724. The molecule has 0 aliphatic heterocycles. The number of aromatic nitrogens is 2. The number of aliphatic hydroxyl groups is 2. The first-order valence-electron chi connectivity index (χ1n) is 8.57. The first-order valence-corrected chi connectivity index (χ1v) is 8.57. The van der Waals surface area contributed by atoms with Gasteiger partial charge in [-0.25, -0.2) is 13.5 Å². The summed E-state index contributed by atoms with van der Waals surface area (Å²) in [5.41, 5.74) is 1.82. The molecule has 1 unspecified atom stereocenters. The molecule has 3 N–H and O–H groups in total. The standard InChI is InChI=1S/C18H19F2N3O3/c1-8(25)14(7-24)21-18(26)16-12-5-9-4-11(9)17(12)23(22-16)15-3-2-10(19)6-13(15)20/h2-3,6,8-9,11,14,24-25H,4-5,7H2,1H3,(H,21,26)/t8?,9-,11-,14-/m1/s1. The van der Waals surface area contributed by atoms with Crippen LogP contribution in [0.25, 0.3) is 5.69 Å². The van der Waals surface area contributed by atoms with Crippen molar-refractivity contribution in [3.05, 3.63) is 46.8 Å². The van der Waals surface area contributed by atoms with Gasteiger partial charge >= 0.3 is 0 Å². The second-order valence-electron chi connectivity index (χ2n) is 7.03. The third-order valence-electron chi connectivity index (χ3n) is 5.21. The minimum Gasteiger partial charge on any atom is -0.394 e. The number of hydrogen-bond donors (Lipinski definition) is 3. The van der Waals surface area contributed by atoms with E-state index < -0.39 is 36.3 Å². The van der Waals surface area contributed by atoms with Gasteiger partial charge in [-0.05, 0) is 37.8 Å². The Balaban J connectivity index is 1.74. The van der Waals surface area contributed by atoms with Crippen molar-refractivity contribution in [3.8, 4) is 5.69 Å². The Labute approximate surface area is 148 Å². The van der Waals surface area contributed by atoms with Crippen LogP contribution in [-0.2, 0) is 6.42 Å². The fraction of sp³-hybridized carbons (Fsp3) is 0.444. The molecule has 4 atom stereocenters. The van der Waals surface area contributed by atoms with Gasteiger partial charge in [0.2, 0.25) is 0 Å². The van der Waals surface area contributed by atoms with Gasteiger partial charge in [0.15, 0.2) is 11.5 Å². The predicted octanol–water partition coefficient (Wildman–Crippen LogP) is 1.28.